The summed E-state index contributed by atoms with van der Waals surface area (Å²) >= 11 is 0. The lowest BCUT2D eigenvalue weighted by Crippen LogP contribution is -2.34. The molecule has 21 heavy (non-hydrogen) atoms. The fourth-order valence-electron chi connectivity index (χ4n) is 3.18. The van der Waals surface area contributed by atoms with Gasteiger partial charge in [0.1, 0.15) is 11.6 Å². The minimum Gasteiger partial charge on any atom is -0.337 e. The zero-order valence-corrected chi connectivity index (χ0v) is 13.1. The van der Waals surface area contributed by atoms with Crippen molar-refractivity contribution in [2.24, 2.45) is 7.05 Å². The first-order valence-corrected chi connectivity index (χ1v) is 7.61. The van der Waals surface area contributed by atoms with Gasteiger partial charge in [0, 0.05) is 50.2 Å². The predicted molar refractivity (Wildman–Crippen MR) is 82.0 cm³/mol. The number of hydrogen-bond donors (Lipinski definition) is 0. The Morgan fingerprint density at radius 1 is 1.24 bits per heavy atom. The summed E-state index contributed by atoms with van der Waals surface area (Å²) < 4.78 is 2.18. The third-order valence-electron chi connectivity index (χ3n) is 4.14. The lowest BCUT2D eigenvalue weighted by atomic mass is 9.97. The van der Waals surface area contributed by atoms with Crippen LogP contribution in [0.5, 0.6) is 0 Å². The van der Waals surface area contributed by atoms with Crippen LogP contribution in [0.4, 0.5) is 0 Å². The molecule has 5 nitrogen and oxygen atoms in total. The van der Waals surface area contributed by atoms with E-state index < -0.39 is 0 Å². The number of aryl methyl sites for hydroxylation is 3. The highest BCUT2D eigenvalue weighted by Gasteiger charge is 2.24. The van der Waals surface area contributed by atoms with Crippen LogP contribution < -0.4 is 0 Å². The molecular formula is C16H23N5. The standard InChI is InChI=1S/C16H23N5/c1-12-9-20(3)16(19-12)15-5-4-6-21(11-15)10-14-7-17-13(2)18-8-14/h7-9,15H,4-6,10-11H2,1-3H3/t15-/m1/s1. The Labute approximate surface area is 126 Å². The number of imidazole rings is 1. The molecule has 1 aliphatic rings. The van der Waals surface area contributed by atoms with Crippen LogP contribution in [0.15, 0.2) is 18.6 Å². The number of rotatable bonds is 3. The van der Waals surface area contributed by atoms with Gasteiger partial charge in [-0.25, -0.2) is 15.0 Å². The predicted octanol–water partition coefficient (Wildman–Crippen LogP) is 2.21. The largest absolute Gasteiger partial charge is 0.337 e. The van der Waals surface area contributed by atoms with E-state index in [0.717, 1.165) is 31.2 Å². The normalized spacial score (nSPS) is 19.9. The maximum absolute atomic E-state index is 4.70. The second kappa shape index (κ2) is 5.93. The van der Waals surface area contributed by atoms with Crippen molar-refractivity contribution in [1.82, 2.24) is 24.4 Å². The molecule has 1 aliphatic heterocycles. The van der Waals surface area contributed by atoms with Crippen LogP contribution >= 0.6 is 0 Å². The Kier molecular flexibility index (Phi) is 4.01. The van der Waals surface area contributed by atoms with Gasteiger partial charge in [0.15, 0.2) is 0 Å². The molecule has 1 fully saturated rings. The fraction of sp³-hybridized carbons (Fsp3) is 0.562. The van der Waals surface area contributed by atoms with Gasteiger partial charge in [-0.1, -0.05) is 0 Å². The van der Waals surface area contributed by atoms with Crippen molar-refractivity contribution in [3.8, 4) is 0 Å². The maximum Gasteiger partial charge on any atom is 0.125 e. The second-order valence-electron chi connectivity index (χ2n) is 6.06. The number of piperidine rings is 1. The second-order valence-corrected chi connectivity index (χ2v) is 6.06. The van der Waals surface area contributed by atoms with E-state index in [2.05, 4.69) is 39.6 Å². The average Bonchev–Trinajstić information content (AvgIpc) is 2.81. The summed E-state index contributed by atoms with van der Waals surface area (Å²) in [5, 5.41) is 0. The van der Waals surface area contributed by atoms with E-state index in [-0.39, 0.29) is 0 Å². The highest BCUT2D eigenvalue weighted by atomic mass is 15.1. The van der Waals surface area contributed by atoms with E-state index in [9.17, 15) is 0 Å². The molecule has 0 saturated carbocycles. The number of nitrogens with zero attached hydrogens (tertiary/aromatic N) is 5. The van der Waals surface area contributed by atoms with Gasteiger partial charge < -0.3 is 4.57 Å². The average molecular weight is 285 g/mol. The van der Waals surface area contributed by atoms with E-state index in [0.29, 0.717) is 5.92 Å². The third kappa shape index (κ3) is 3.29. The van der Waals surface area contributed by atoms with Crippen LogP contribution in [0, 0.1) is 13.8 Å². The van der Waals surface area contributed by atoms with E-state index in [1.165, 1.54) is 24.2 Å². The van der Waals surface area contributed by atoms with Crippen LogP contribution in [0.1, 0.15) is 41.7 Å². The molecule has 2 aromatic rings. The molecule has 3 heterocycles. The molecule has 0 aromatic carbocycles. The Hall–Kier alpha value is -1.75. The highest BCUT2D eigenvalue weighted by Crippen LogP contribution is 2.26. The molecule has 0 amide bonds. The first-order chi connectivity index (χ1) is 10.1. The van der Waals surface area contributed by atoms with Gasteiger partial charge in [0.05, 0.1) is 5.69 Å². The van der Waals surface area contributed by atoms with Gasteiger partial charge in [-0.3, -0.25) is 4.90 Å². The molecule has 2 aromatic heterocycles. The van der Waals surface area contributed by atoms with Crippen molar-refractivity contribution in [1.29, 1.82) is 0 Å². The number of hydrogen-bond acceptors (Lipinski definition) is 4. The van der Waals surface area contributed by atoms with Crippen molar-refractivity contribution < 1.29 is 0 Å². The quantitative estimate of drug-likeness (QED) is 0.867. The van der Waals surface area contributed by atoms with Crippen LogP contribution in [0.25, 0.3) is 0 Å². The van der Waals surface area contributed by atoms with Gasteiger partial charge in [-0.05, 0) is 33.2 Å². The molecule has 0 unspecified atom stereocenters. The minimum atomic E-state index is 0.531. The lowest BCUT2D eigenvalue weighted by molar-refractivity contribution is 0.195. The summed E-state index contributed by atoms with van der Waals surface area (Å²) in [5.74, 6) is 2.58. The van der Waals surface area contributed by atoms with Crippen LogP contribution in [-0.4, -0.2) is 37.5 Å². The number of aromatic nitrogens is 4. The van der Waals surface area contributed by atoms with Crippen molar-refractivity contribution >= 4 is 0 Å². The first kappa shape index (κ1) is 14.2. The van der Waals surface area contributed by atoms with Crippen LogP contribution in [0.2, 0.25) is 0 Å². The van der Waals surface area contributed by atoms with Crippen molar-refractivity contribution in [3.05, 3.63) is 41.5 Å². The lowest BCUT2D eigenvalue weighted by Gasteiger charge is -2.32. The zero-order chi connectivity index (χ0) is 14.8. The Bertz CT molecular complexity index is 602. The van der Waals surface area contributed by atoms with Crippen LogP contribution in [0.3, 0.4) is 0 Å². The molecule has 5 heteroatoms. The summed E-state index contributed by atoms with van der Waals surface area (Å²) in [7, 11) is 2.10. The SMILES string of the molecule is Cc1cn(C)c([C@@H]2CCCN(Cc3cnc(C)nc3)C2)n1. The summed E-state index contributed by atoms with van der Waals surface area (Å²) in [6.07, 6.45) is 8.45. The number of likely N-dealkylation sites (tertiary alicyclic amines) is 1. The summed E-state index contributed by atoms with van der Waals surface area (Å²) in [6, 6.07) is 0. The van der Waals surface area contributed by atoms with E-state index in [1.54, 1.807) is 0 Å². The van der Waals surface area contributed by atoms with Gasteiger partial charge in [0.2, 0.25) is 0 Å². The molecule has 0 bridgehead atoms. The van der Waals surface area contributed by atoms with Crippen molar-refractivity contribution in [2.45, 2.75) is 39.2 Å². The fourth-order valence-corrected chi connectivity index (χ4v) is 3.18. The van der Waals surface area contributed by atoms with Crippen molar-refractivity contribution in [2.75, 3.05) is 13.1 Å². The molecule has 0 N–H and O–H groups in total. The molecule has 3 rings (SSSR count). The van der Waals surface area contributed by atoms with Gasteiger partial charge in [-0.15, -0.1) is 0 Å². The molecule has 0 spiro atoms. The summed E-state index contributed by atoms with van der Waals surface area (Å²) in [6.45, 7) is 7.13. The molecule has 0 radical (unpaired) electrons. The smallest absolute Gasteiger partial charge is 0.125 e. The molecule has 112 valence electrons. The Morgan fingerprint density at radius 3 is 2.67 bits per heavy atom. The van der Waals surface area contributed by atoms with Gasteiger partial charge in [0.25, 0.3) is 0 Å². The maximum atomic E-state index is 4.70. The van der Waals surface area contributed by atoms with E-state index in [4.69, 9.17) is 4.98 Å². The topological polar surface area (TPSA) is 46.8 Å². The van der Waals surface area contributed by atoms with E-state index >= 15 is 0 Å². The molecule has 1 atom stereocenters. The van der Waals surface area contributed by atoms with Gasteiger partial charge >= 0.3 is 0 Å². The van der Waals surface area contributed by atoms with Crippen molar-refractivity contribution in [3.63, 3.8) is 0 Å². The Balaban J connectivity index is 1.68. The summed E-state index contributed by atoms with van der Waals surface area (Å²) in [4.78, 5) is 15.8. The van der Waals surface area contributed by atoms with Crippen LogP contribution in [-0.2, 0) is 13.6 Å². The highest BCUT2D eigenvalue weighted by molar-refractivity contribution is 5.09. The molecule has 0 aliphatic carbocycles. The van der Waals surface area contributed by atoms with E-state index in [1.807, 2.05) is 19.3 Å². The molecule has 1 saturated heterocycles. The third-order valence-corrected chi connectivity index (χ3v) is 4.14. The zero-order valence-electron chi connectivity index (χ0n) is 13.1. The summed E-state index contributed by atoms with van der Waals surface area (Å²) in [5.41, 5.74) is 2.30. The van der Waals surface area contributed by atoms with Gasteiger partial charge in [-0.2, -0.15) is 0 Å². The first-order valence-electron chi connectivity index (χ1n) is 7.61. The monoisotopic (exact) mass is 285 g/mol. The Morgan fingerprint density at radius 2 is 2.00 bits per heavy atom. The minimum absolute atomic E-state index is 0.531. The molecular weight excluding hydrogens is 262 g/mol.